The van der Waals surface area contributed by atoms with Crippen LogP contribution in [-0.4, -0.2) is 25.4 Å². The Morgan fingerprint density at radius 3 is 2.73 bits per heavy atom. The molecule has 0 unspecified atom stereocenters. The molecule has 0 saturated carbocycles. The van der Waals surface area contributed by atoms with Crippen LogP contribution in [0.25, 0.3) is 0 Å². The summed E-state index contributed by atoms with van der Waals surface area (Å²) in [6.45, 7) is 0. The molecule has 1 aromatic carbocycles. The average molecular weight is 210 g/mol. The SMILES string of the molecule is CON=Cc1ccc([N+](=O)[O-])c(OC)c1. The number of nitro groups is 1. The van der Waals surface area contributed by atoms with E-state index in [0.29, 0.717) is 5.56 Å². The summed E-state index contributed by atoms with van der Waals surface area (Å²) < 4.78 is 4.88. The van der Waals surface area contributed by atoms with Gasteiger partial charge in [-0.05, 0) is 12.1 Å². The van der Waals surface area contributed by atoms with Crippen LogP contribution in [0.3, 0.4) is 0 Å². The van der Waals surface area contributed by atoms with Crippen LogP contribution in [0.15, 0.2) is 23.4 Å². The van der Waals surface area contributed by atoms with Gasteiger partial charge in [0.15, 0.2) is 5.75 Å². The first-order valence-electron chi connectivity index (χ1n) is 4.08. The predicted molar refractivity (Wildman–Crippen MR) is 54.3 cm³/mol. The number of nitro benzene ring substituents is 1. The summed E-state index contributed by atoms with van der Waals surface area (Å²) in [5, 5.41) is 14.1. The first-order chi connectivity index (χ1) is 7.19. The van der Waals surface area contributed by atoms with Crippen molar-refractivity contribution in [3.8, 4) is 5.75 Å². The van der Waals surface area contributed by atoms with Crippen LogP contribution in [0.2, 0.25) is 0 Å². The van der Waals surface area contributed by atoms with Gasteiger partial charge in [-0.15, -0.1) is 0 Å². The maximum Gasteiger partial charge on any atom is 0.310 e. The van der Waals surface area contributed by atoms with Crippen molar-refractivity contribution in [3.63, 3.8) is 0 Å². The smallest absolute Gasteiger partial charge is 0.310 e. The highest BCUT2D eigenvalue weighted by atomic mass is 16.6. The lowest BCUT2D eigenvalue weighted by atomic mass is 10.2. The summed E-state index contributed by atoms with van der Waals surface area (Å²) in [7, 11) is 2.79. The number of ether oxygens (including phenoxy) is 1. The topological polar surface area (TPSA) is 74.0 Å². The second kappa shape index (κ2) is 4.94. The van der Waals surface area contributed by atoms with E-state index in [2.05, 4.69) is 9.99 Å². The molecule has 6 heteroatoms. The summed E-state index contributed by atoms with van der Waals surface area (Å²) in [6, 6.07) is 4.43. The van der Waals surface area contributed by atoms with Crippen molar-refractivity contribution in [1.29, 1.82) is 0 Å². The molecule has 0 bridgehead atoms. The van der Waals surface area contributed by atoms with E-state index in [1.165, 1.54) is 32.6 Å². The fourth-order valence-corrected chi connectivity index (χ4v) is 1.04. The molecule has 0 fully saturated rings. The molecule has 6 nitrogen and oxygen atoms in total. The van der Waals surface area contributed by atoms with Gasteiger partial charge >= 0.3 is 5.69 Å². The highest BCUT2D eigenvalue weighted by molar-refractivity contribution is 5.80. The van der Waals surface area contributed by atoms with Crippen LogP contribution in [0.4, 0.5) is 5.69 Å². The largest absolute Gasteiger partial charge is 0.490 e. The van der Waals surface area contributed by atoms with Crippen molar-refractivity contribution in [3.05, 3.63) is 33.9 Å². The molecule has 80 valence electrons. The van der Waals surface area contributed by atoms with Gasteiger partial charge in [0.1, 0.15) is 7.11 Å². The molecule has 1 rings (SSSR count). The Balaban J connectivity index is 3.07. The van der Waals surface area contributed by atoms with Gasteiger partial charge in [-0.3, -0.25) is 10.1 Å². The van der Waals surface area contributed by atoms with Gasteiger partial charge in [-0.2, -0.15) is 0 Å². The highest BCUT2D eigenvalue weighted by Crippen LogP contribution is 2.26. The lowest BCUT2D eigenvalue weighted by Crippen LogP contribution is -1.94. The monoisotopic (exact) mass is 210 g/mol. The molecule has 1 aromatic rings. The summed E-state index contributed by atoms with van der Waals surface area (Å²) in [5.41, 5.74) is 0.589. The fraction of sp³-hybridized carbons (Fsp3) is 0.222. The Morgan fingerprint density at radius 2 is 2.20 bits per heavy atom. The van der Waals surface area contributed by atoms with E-state index in [4.69, 9.17) is 4.74 Å². The van der Waals surface area contributed by atoms with E-state index in [-0.39, 0.29) is 11.4 Å². The number of hydrogen-bond acceptors (Lipinski definition) is 5. The molecule has 0 spiro atoms. The fourth-order valence-electron chi connectivity index (χ4n) is 1.04. The van der Waals surface area contributed by atoms with Crippen molar-refractivity contribution in [2.45, 2.75) is 0 Å². The minimum absolute atomic E-state index is 0.0768. The zero-order valence-corrected chi connectivity index (χ0v) is 8.34. The van der Waals surface area contributed by atoms with Gasteiger partial charge in [-0.1, -0.05) is 5.16 Å². The molecule has 0 N–H and O–H groups in total. The third kappa shape index (κ3) is 2.67. The lowest BCUT2D eigenvalue weighted by molar-refractivity contribution is -0.385. The molecule has 0 aliphatic rings. The number of oxime groups is 1. The van der Waals surface area contributed by atoms with E-state index in [1.54, 1.807) is 6.07 Å². The predicted octanol–water partition coefficient (Wildman–Crippen LogP) is 1.58. The minimum atomic E-state index is -0.504. The third-order valence-corrected chi connectivity index (χ3v) is 1.71. The van der Waals surface area contributed by atoms with E-state index < -0.39 is 4.92 Å². The Morgan fingerprint density at radius 1 is 1.47 bits per heavy atom. The Kier molecular flexibility index (Phi) is 3.61. The number of benzene rings is 1. The van der Waals surface area contributed by atoms with E-state index in [0.717, 1.165) is 0 Å². The zero-order chi connectivity index (χ0) is 11.3. The second-order valence-electron chi connectivity index (χ2n) is 2.61. The quantitative estimate of drug-likeness (QED) is 0.429. The van der Waals surface area contributed by atoms with Gasteiger partial charge in [0.05, 0.1) is 18.2 Å². The number of hydrogen-bond donors (Lipinski definition) is 0. The minimum Gasteiger partial charge on any atom is -0.490 e. The molecule has 0 aliphatic heterocycles. The van der Waals surface area contributed by atoms with Crippen molar-refractivity contribution in [2.75, 3.05) is 14.2 Å². The first kappa shape index (κ1) is 11.0. The summed E-state index contributed by atoms with van der Waals surface area (Å²) in [5.74, 6) is 0.194. The lowest BCUT2D eigenvalue weighted by Gasteiger charge is -2.01. The molecule has 0 saturated heterocycles. The highest BCUT2D eigenvalue weighted by Gasteiger charge is 2.13. The summed E-state index contributed by atoms with van der Waals surface area (Å²) in [4.78, 5) is 14.6. The van der Waals surface area contributed by atoms with Crippen molar-refractivity contribution in [2.24, 2.45) is 5.16 Å². The van der Waals surface area contributed by atoms with Gasteiger partial charge in [-0.25, -0.2) is 0 Å². The second-order valence-corrected chi connectivity index (χ2v) is 2.61. The summed E-state index contributed by atoms with van der Waals surface area (Å²) in [6.07, 6.45) is 1.44. The standard InChI is InChI=1S/C9H10N2O4/c1-14-9-5-7(6-10-15-2)3-4-8(9)11(12)13/h3-6H,1-2H3. The number of methoxy groups -OCH3 is 1. The van der Waals surface area contributed by atoms with Crippen LogP contribution in [0.5, 0.6) is 5.75 Å². The van der Waals surface area contributed by atoms with Crippen LogP contribution >= 0.6 is 0 Å². The Bertz CT molecular complexity index is 390. The molecule has 0 radical (unpaired) electrons. The average Bonchev–Trinajstić information content (AvgIpc) is 2.25. The molecule has 0 aliphatic carbocycles. The molecule has 0 atom stereocenters. The normalized spacial score (nSPS) is 10.3. The first-order valence-corrected chi connectivity index (χ1v) is 4.08. The molecular weight excluding hydrogens is 200 g/mol. The van der Waals surface area contributed by atoms with Gasteiger partial charge in [0.2, 0.25) is 0 Å². The van der Waals surface area contributed by atoms with E-state index in [1.807, 2.05) is 0 Å². The van der Waals surface area contributed by atoms with Gasteiger partial charge in [0, 0.05) is 11.6 Å². The molecule has 15 heavy (non-hydrogen) atoms. The molecule has 0 heterocycles. The maximum absolute atomic E-state index is 10.6. The van der Waals surface area contributed by atoms with Crippen LogP contribution in [-0.2, 0) is 4.84 Å². The zero-order valence-electron chi connectivity index (χ0n) is 8.34. The molecular formula is C9H10N2O4. The Labute approximate surface area is 86.3 Å². The van der Waals surface area contributed by atoms with Crippen molar-refractivity contribution < 1.29 is 14.5 Å². The van der Waals surface area contributed by atoms with Gasteiger partial charge < -0.3 is 9.57 Å². The molecule has 0 amide bonds. The van der Waals surface area contributed by atoms with Gasteiger partial charge in [0.25, 0.3) is 0 Å². The number of rotatable bonds is 4. The third-order valence-electron chi connectivity index (χ3n) is 1.71. The van der Waals surface area contributed by atoms with Crippen LogP contribution in [0.1, 0.15) is 5.56 Å². The van der Waals surface area contributed by atoms with E-state index in [9.17, 15) is 10.1 Å². The van der Waals surface area contributed by atoms with Crippen molar-refractivity contribution in [1.82, 2.24) is 0 Å². The maximum atomic E-state index is 10.6. The number of nitrogens with zero attached hydrogens (tertiary/aromatic N) is 2. The molecule has 0 aromatic heterocycles. The Hall–Kier alpha value is -2.11. The van der Waals surface area contributed by atoms with Crippen LogP contribution < -0.4 is 4.74 Å². The van der Waals surface area contributed by atoms with Crippen molar-refractivity contribution >= 4 is 11.9 Å². The summed E-state index contributed by atoms with van der Waals surface area (Å²) >= 11 is 0. The van der Waals surface area contributed by atoms with E-state index >= 15 is 0 Å². The van der Waals surface area contributed by atoms with Crippen LogP contribution in [0, 0.1) is 10.1 Å².